The van der Waals surface area contributed by atoms with E-state index in [9.17, 15) is 4.79 Å². The minimum atomic E-state index is -0.416. The number of carbonyl (C=O) groups is 1. The molecular weight excluding hydrogens is 305 g/mol. The van der Waals surface area contributed by atoms with Gasteiger partial charge in [-0.3, -0.25) is 0 Å². The zero-order valence-electron chi connectivity index (χ0n) is 15.2. The first-order valence-electron chi connectivity index (χ1n) is 8.28. The Labute approximate surface area is 143 Å². The van der Waals surface area contributed by atoms with Crippen molar-refractivity contribution in [3.8, 4) is 0 Å². The monoisotopic (exact) mass is 329 g/mol. The zero-order valence-corrected chi connectivity index (χ0v) is 15.2. The van der Waals surface area contributed by atoms with E-state index >= 15 is 0 Å². The van der Waals surface area contributed by atoms with Crippen molar-refractivity contribution in [1.82, 2.24) is 4.57 Å². The molecule has 0 atom stereocenters. The van der Waals surface area contributed by atoms with Crippen LogP contribution in [0.1, 0.15) is 45.1 Å². The number of hydrogen-bond acceptors (Lipinski definition) is 4. The fraction of sp³-hybridized carbons (Fsp3) is 0.500. The molecule has 0 bridgehead atoms. The summed E-state index contributed by atoms with van der Waals surface area (Å²) < 4.78 is 19.2. The van der Waals surface area contributed by atoms with Crippen LogP contribution in [0.5, 0.6) is 0 Å². The lowest BCUT2D eigenvalue weighted by Gasteiger charge is -2.32. The standard InChI is InChI=1S/C18H24BNO4/c1-7-22-16(21)15-10-12-8-9-13(11-14(12)20(15)6)19-23-17(2,3)18(4,5)24-19/h8-11H,7H2,1-6H3. The highest BCUT2D eigenvalue weighted by Gasteiger charge is 2.51. The van der Waals surface area contributed by atoms with Gasteiger partial charge in [0, 0.05) is 18.0 Å². The van der Waals surface area contributed by atoms with Crippen LogP contribution in [0.4, 0.5) is 0 Å². The normalized spacial score (nSPS) is 19.0. The van der Waals surface area contributed by atoms with Gasteiger partial charge in [0.25, 0.3) is 0 Å². The first-order chi connectivity index (χ1) is 11.2. The average molecular weight is 329 g/mol. The summed E-state index contributed by atoms with van der Waals surface area (Å²) in [7, 11) is 1.45. The average Bonchev–Trinajstić information content (AvgIpc) is 2.93. The van der Waals surface area contributed by atoms with Crippen molar-refractivity contribution >= 4 is 29.5 Å². The summed E-state index contributed by atoms with van der Waals surface area (Å²) in [4.78, 5) is 12.1. The molecule has 1 aromatic carbocycles. The largest absolute Gasteiger partial charge is 0.494 e. The predicted octanol–water partition coefficient (Wildman–Crippen LogP) is 2.65. The van der Waals surface area contributed by atoms with Gasteiger partial charge in [0.15, 0.2) is 0 Å². The Morgan fingerprint density at radius 1 is 1.17 bits per heavy atom. The van der Waals surface area contributed by atoms with Crippen molar-refractivity contribution in [3.05, 3.63) is 30.0 Å². The summed E-state index contributed by atoms with van der Waals surface area (Å²) >= 11 is 0. The molecule has 1 aromatic heterocycles. The number of aryl methyl sites for hydroxylation is 1. The Morgan fingerprint density at radius 2 is 1.79 bits per heavy atom. The SMILES string of the molecule is CCOC(=O)c1cc2ccc(B3OC(C)(C)C(C)(C)O3)cc2n1C. The molecule has 128 valence electrons. The van der Waals surface area contributed by atoms with Gasteiger partial charge in [-0.15, -0.1) is 0 Å². The van der Waals surface area contributed by atoms with Crippen molar-refractivity contribution in [2.45, 2.75) is 45.8 Å². The van der Waals surface area contributed by atoms with E-state index in [2.05, 4.69) is 0 Å². The maximum Gasteiger partial charge on any atom is 0.494 e. The van der Waals surface area contributed by atoms with E-state index in [1.165, 1.54) is 0 Å². The summed E-state index contributed by atoms with van der Waals surface area (Å²) in [6.07, 6.45) is 0. The number of aromatic nitrogens is 1. The molecule has 0 spiro atoms. The first kappa shape index (κ1) is 17.1. The number of rotatable bonds is 3. The maximum atomic E-state index is 12.1. The van der Waals surface area contributed by atoms with Crippen molar-refractivity contribution in [3.63, 3.8) is 0 Å². The van der Waals surface area contributed by atoms with Crippen LogP contribution in [0.3, 0.4) is 0 Å². The predicted molar refractivity (Wildman–Crippen MR) is 94.6 cm³/mol. The van der Waals surface area contributed by atoms with Gasteiger partial charge in [0.1, 0.15) is 5.69 Å². The number of benzene rings is 1. The Hall–Kier alpha value is -1.79. The van der Waals surface area contributed by atoms with Gasteiger partial charge in [0.2, 0.25) is 0 Å². The fourth-order valence-electron chi connectivity index (χ4n) is 2.87. The summed E-state index contributed by atoms with van der Waals surface area (Å²) in [5.74, 6) is -0.312. The van der Waals surface area contributed by atoms with Gasteiger partial charge in [-0.25, -0.2) is 4.79 Å². The molecular formula is C18H24BNO4. The third kappa shape index (κ3) is 2.64. The van der Waals surface area contributed by atoms with Crippen LogP contribution in [-0.4, -0.2) is 35.5 Å². The van der Waals surface area contributed by atoms with E-state index in [-0.39, 0.29) is 17.2 Å². The van der Waals surface area contributed by atoms with Crippen LogP contribution in [0.2, 0.25) is 0 Å². The molecule has 0 N–H and O–H groups in total. The molecule has 3 rings (SSSR count). The number of esters is 1. The molecule has 1 aliphatic heterocycles. The lowest BCUT2D eigenvalue weighted by molar-refractivity contribution is 0.00578. The smallest absolute Gasteiger partial charge is 0.461 e. The molecule has 1 fully saturated rings. The van der Waals surface area contributed by atoms with Crippen LogP contribution < -0.4 is 5.46 Å². The van der Waals surface area contributed by atoms with Gasteiger partial charge in [0.05, 0.1) is 17.8 Å². The number of ether oxygens (including phenoxy) is 1. The van der Waals surface area contributed by atoms with Gasteiger partial charge >= 0.3 is 13.1 Å². The summed E-state index contributed by atoms with van der Waals surface area (Å²) in [5.41, 5.74) is 1.68. The summed E-state index contributed by atoms with van der Waals surface area (Å²) in [5, 5.41) is 0.987. The van der Waals surface area contributed by atoms with Crippen LogP contribution in [-0.2, 0) is 21.1 Å². The van der Waals surface area contributed by atoms with Gasteiger partial charge in [-0.2, -0.15) is 0 Å². The van der Waals surface area contributed by atoms with E-state index in [0.29, 0.717) is 12.3 Å². The minimum Gasteiger partial charge on any atom is -0.461 e. The Bertz CT molecular complexity index is 778. The number of fused-ring (bicyclic) bond motifs is 1. The lowest BCUT2D eigenvalue weighted by atomic mass is 9.79. The van der Waals surface area contributed by atoms with Gasteiger partial charge in [-0.05, 0) is 52.2 Å². The molecule has 0 radical (unpaired) electrons. The number of hydrogen-bond donors (Lipinski definition) is 0. The Balaban J connectivity index is 1.98. The first-order valence-corrected chi connectivity index (χ1v) is 8.28. The fourth-order valence-corrected chi connectivity index (χ4v) is 2.87. The van der Waals surface area contributed by atoms with Crippen molar-refractivity contribution < 1.29 is 18.8 Å². The van der Waals surface area contributed by atoms with Crippen LogP contribution in [0.15, 0.2) is 24.3 Å². The molecule has 1 saturated heterocycles. The van der Waals surface area contributed by atoms with Crippen LogP contribution in [0, 0.1) is 0 Å². The molecule has 0 amide bonds. The molecule has 2 aromatic rings. The second-order valence-electron chi connectivity index (χ2n) is 7.22. The molecule has 24 heavy (non-hydrogen) atoms. The molecule has 6 heteroatoms. The van der Waals surface area contributed by atoms with E-state index < -0.39 is 7.12 Å². The molecule has 0 aliphatic carbocycles. The number of carbonyl (C=O) groups excluding carboxylic acids is 1. The third-order valence-electron chi connectivity index (χ3n) is 5.08. The van der Waals surface area contributed by atoms with Crippen molar-refractivity contribution in [2.24, 2.45) is 7.05 Å². The topological polar surface area (TPSA) is 49.7 Å². The molecule has 0 saturated carbocycles. The molecule has 0 unspecified atom stereocenters. The van der Waals surface area contributed by atoms with Crippen LogP contribution >= 0.6 is 0 Å². The van der Waals surface area contributed by atoms with Crippen molar-refractivity contribution in [1.29, 1.82) is 0 Å². The Kier molecular flexibility index (Phi) is 4.01. The second kappa shape index (κ2) is 5.64. The van der Waals surface area contributed by atoms with Gasteiger partial charge in [-0.1, -0.05) is 12.1 Å². The molecule has 5 nitrogen and oxygen atoms in total. The summed E-state index contributed by atoms with van der Waals surface area (Å²) in [6, 6.07) is 7.83. The lowest BCUT2D eigenvalue weighted by Crippen LogP contribution is -2.41. The second-order valence-corrected chi connectivity index (χ2v) is 7.22. The summed E-state index contributed by atoms with van der Waals surface area (Å²) in [6.45, 7) is 10.3. The highest BCUT2D eigenvalue weighted by molar-refractivity contribution is 6.62. The van der Waals surface area contributed by atoms with E-state index in [1.54, 1.807) is 6.92 Å². The van der Waals surface area contributed by atoms with Gasteiger partial charge < -0.3 is 18.6 Å². The third-order valence-corrected chi connectivity index (χ3v) is 5.08. The zero-order chi connectivity index (χ0) is 17.7. The number of nitrogens with zero attached hydrogens (tertiary/aromatic N) is 1. The maximum absolute atomic E-state index is 12.1. The quantitative estimate of drug-likeness (QED) is 0.642. The van der Waals surface area contributed by atoms with E-state index in [0.717, 1.165) is 16.4 Å². The minimum absolute atomic E-state index is 0.312. The molecule has 1 aliphatic rings. The van der Waals surface area contributed by atoms with E-state index in [1.807, 2.05) is 63.6 Å². The Morgan fingerprint density at radius 3 is 2.38 bits per heavy atom. The van der Waals surface area contributed by atoms with Crippen molar-refractivity contribution in [2.75, 3.05) is 6.61 Å². The van der Waals surface area contributed by atoms with Crippen LogP contribution in [0.25, 0.3) is 10.9 Å². The highest BCUT2D eigenvalue weighted by Crippen LogP contribution is 2.36. The van der Waals surface area contributed by atoms with E-state index in [4.69, 9.17) is 14.0 Å². The molecule has 2 heterocycles. The highest BCUT2D eigenvalue weighted by atomic mass is 16.7.